The lowest BCUT2D eigenvalue weighted by Crippen LogP contribution is -2.41. The van der Waals surface area contributed by atoms with Gasteiger partial charge in [0.25, 0.3) is 5.91 Å². The molecular weight excluding hydrogens is 270 g/mol. The minimum Gasteiger partial charge on any atom is -0.484 e. The lowest BCUT2D eigenvalue weighted by atomic mass is 10.2. The second-order valence-electron chi connectivity index (χ2n) is 5.31. The summed E-state index contributed by atoms with van der Waals surface area (Å²) in [5, 5.41) is 2.76. The molecule has 0 aliphatic rings. The van der Waals surface area contributed by atoms with Gasteiger partial charge in [-0.3, -0.25) is 9.59 Å². The van der Waals surface area contributed by atoms with Crippen molar-refractivity contribution >= 4 is 17.5 Å². The van der Waals surface area contributed by atoms with Crippen molar-refractivity contribution in [2.24, 2.45) is 5.92 Å². The Morgan fingerprint density at radius 1 is 1.38 bits per heavy atom. The molecule has 1 aromatic rings. The molecule has 0 aromatic heterocycles. The Kier molecular flexibility index (Phi) is 6.52. The van der Waals surface area contributed by atoms with Crippen LogP contribution in [0.2, 0.25) is 0 Å². The quantitative estimate of drug-likeness (QED) is 0.731. The molecule has 0 spiro atoms. The van der Waals surface area contributed by atoms with Gasteiger partial charge in [-0.25, -0.2) is 0 Å². The first-order valence-corrected chi connectivity index (χ1v) is 6.87. The van der Waals surface area contributed by atoms with Crippen LogP contribution in [-0.2, 0) is 9.59 Å². The van der Waals surface area contributed by atoms with Crippen LogP contribution in [0.4, 0.5) is 5.69 Å². The second-order valence-corrected chi connectivity index (χ2v) is 5.31. The fourth-order valence-corrected chi connectivity index (χ4v) is 1.54. The third kappa shape index (κ3) is 6.65. The Morgan fingerprint density at radius 3 is 2.71 bits per heavy atom. The smallest absolute Gasteiger partial charge is 0.260 e. The van der Waals surface area contributed by atoms with E-state index in [9.17, 15) is 9.59 Å². The number of hydrogen-bond donors (Lipinski definition) is 2. The Balaban J connectivity index is 2.35. The minimum absolute atomic E-state index is 0.0197. The van der Waals surface area contributed by atoms with E-state index >= 15 is 0 Å². The molecule has 0 atom stereocenters. The van der Waals surface area contributed by atoms with Crippen LogP contribution in [0.25, 0.3) is 0 Å². The van der Waals surface area contributed by atoms with Crippen LogP contribution < -0.4 is 15.8 Å². The van der Waals surface area contributed by atoms with Gasteiger partial charge in [0.15, 0.2) is 6.61 Å². The number of benzene rings is 1. The molecule has 0 saturated heterocycles. The summed E-state index contributed by atoms with van der Waals surface area (Å²) < 4.78 is 5.35. The zero-order chi connectivity index (χ0) is 15.8. The normalized spacial score (nSPS) is 10.3. The average molecular weight is 293 g/mol. The molecule has 116 valence electrons. The first kappa shape index (κ1) is 16.8. The number of hydrogen-bond acceptors (Lipinski definition) is 4. The van der Waals surface area contributed by atoms with Gasteiger partial charge in [0, 0.05) is 25.3 Å². The van der Waals surface area contributed by atoms with Gasteiger partial charge in [0.2, 0.25) is 5.91 Å². The highest BCUT2D eigenvalue weighted by atomic mass is 16.5. The Labute approximate surface area is 125 Å². The molecule has 0 radical (unpaired) electrons. The molecule has 0 saturated carbocycles. The van der Waals surface area contributed by atoms with E-state index in [1.165, 1.54) is 4.90 Å². The number of amides is 2. The lowest BCUT2D eigenvalue weighted by Gasteiger charge is -2.17. The number of likely N-dealkylation sites (N-methyl/N-ethyl adjacent to an activating group) is 1. The van der Waals surface area contributed by atoms with Gasteiger partial charge in [-0.05, 0) is 18.1 Å². The number of nitrogen functional groups attached to an aromatic ring is 1. The highest BCUT2D eigenvalue weighted by Crippen LogP contribution is 2.14. The molecule has 0 fully saturated rings. The molecular formula is C15H23N3O3. The van der Waals surface area contributed by atoms with E-state index in [1.54, 1.807) is 31.3 Å². The SMILES string of the molecule is CC(C)CNC(=O)CN(C)C(=O)COc1cccc(N)c1. The molecule has 0 unspecified atom stereocenters. The maximum absolute atomic E-state index is 11.9. The van der Waals surface area contributed by atoms with Crippen molar-refractivity contribution in [1.82, 2.24) is 10.2 Å². The molecule has 1 aromatic carbocycles. The van der Waals surface area contributed by atoms with Gasteiger partial charge in [0.05, 0.1) is 6.54 Å². The van der Waals surface area contributed by atoms with Crippen molar-refractivity contribution in [1.29, 1.82) is 0 Å². The van der Waals surface area contributed by atoms with Crippen molar-refractivity contribution < 1.29 is 14.3 Å². The standard InChI is InChI=1S/C15H23N3O3/c1-11(2)8-17-14(19)9-18(3)15(20)10-21-13-6-4-5-12(16)7-13/h4-7,11H,8-10,16H2,1-3H3,(H,17,19). The van der Waals surface area contributed by atoms with Crippen LogP contribution >= 0.6 is 0 Å². The molecule has 0 aliphatic carbocycles. The fraction of sp³-hybridized carbons (Fsp3) is 0.467. The molecule has 21 heavy (non-hydrogen) atoms. The van der Waals surface area contributed by atoms with Crippen molar-refractivity contribution in [3.8, 4) is 5.75 Å². The summed E-state index contributed by atoms with van der Waals surface area (Å²) in [5.74, 6) is 0.462. The number of anilines is 1. The zero-order valence-corrected chi connectivity index (χ0v) is 12.8. The summed E-state index contributed by atoms with van der Waals surface area (Å²) in [7, 11) is 1.57. The topological polar surface area (TPSA) is 84.7 Å². The van der Waals surface area contributed by atoms with Gasteiger partial charge in [0.1, 0.15) is 5.75 Å². The van der Waals surface area contributed by atoms with E-state index in [0.29, 0.717) is 23.9 Å². The third-order valence-corrected chi connectivity index (χ3v) is 2.73. The molecule has 1 rings (SSSR count). The largest absolute Gasteiger partial charge is 0.484 e. The van der Waals surface area contributed by atoms with Crippen LogP contribution in [0.1, 0.15) is 13.8 Å². The molecule has 6 heteroatoms. The predicted octanol–water partition coefficient (Wildman–Crippen LogP) is 0.878. The highest BCUT2D eigenvalue weighted by Gasteiger charge is 2.13. The lowest BCUT2D eigenvalue weighted by molar-refractivity contribution is -0.136. The maximum Gasteiger partial charge on any atom is 0.260 e. The van der Waals surface area contributed by atoms with E-state index in [-0.39, 0.29) is 25.0 Å². The molecule has 0 heterocycles. The maximum atomic E-state index is 11.9. The second kappa shape index (κ2) is 8.14. The molecule has 3 N–H and O–H groups in total. The van der Waals surface area contributed by atoms with Gasteiger partial charge in [-0.15, -0.1) is 0 Å². The average Bonchev–Trinajstić information content (AvgIpc) is 2.42. The number of nitrogens with two attached hydrogens (primary N) is 1. The zero-order valence-electron chi connectivity index (χ0n) is 12.8. The van der Waals surface area contributed by atoms with Crippen molar-refractivity contribution in [2.75, 3.05) is 32.5 Å². The van der Waals surface area contributed by atoms with Crippen LogP contribution in [0.5, 0.6) is 5.75 Å². The third-order valence-electron chi connectivity index (χ3n) is 2.73. The number of carbonyl (C=O) groups excluding carboxylic acids is 2. The Hall–Kier alpha value is -2.24. The van der Waals surface area contributed by atoms with E-state index < -0.39 is 0 Å². The number of nitrogens with one attached hydrogen (secondary N) is 1. The summed E-state index contributed by atoms with van der Waals surface area (Å²) in [5.41, 5.74) is 6.19. The molecule has 0 aliphatic heterocycles. The summed E-state index contributed by atoms with van der Waals surface area (Å²) in [4.78, 5) is 24.8. The molecule has 0 bridgehead atoms. The Bertz CT molecular complexity index is 489. The first-order chi connectivity index (χ1) is 9.88. The van der Waals surface area contributed by atoms with Gasteiger partial charge < -0.3 is 20.7 Å². The summed E-state index contributed by atoms with van der Waals surface area (Å²) >= 11 is 0. The van der Waals surface area contributed by atoms with Crippen LogP contribution in [-0.4, -0.2) is 43.5 Å². The van der Waals surface area contributed by atoms with E-state index in [1.807, 2.05) is 13.8 Å². The number of rotatable bonds is 7. The van der Waals surface area contributed by atoms with Crippen LogP contribution in [0.3, 0.4) is 0 Å². The number of carbonyl (C=O) groups is 2. The summed E-state index contributed by atoms with van der Waals surface area (Å²) in [6.07, 6.45) is 0. The van der Waals surface area contributed by atoms with Gasteiger partial charge in [-0.2, -0.15) is 0 Å². The van der Waals surface area contributed by atoms with Crippen molar-refractivity contribution in [3.63, 3.8) is 0 Å². The van der Waals surface area contributed by atoms with E-state index in [4.69, 9.17) is 10.5 Å². The first-order valence-electron chi connectivity index (χ1n) is 6.87. The fourth-order valence-electron chi connectivity index (χ4n) is 1.54. The monoisotopic (exact) mass is 293 g/mol. The van der Waals surface area contributed by atoms with Crippen molar-refractivity contribution in [3.05, 3.63) is 24.3 Å². The molecule has 2 amide bonds. The summed E-state index contributed by atoms with van der Waals surface area (Å²) in [6.45, 7) is 4.51. The summed E-state index contributed by atoms with van der Waals surface area (Å²) in [6, 6.07) is 6.85. The number of nitrogens with zero attached hydrogens (tertiary/aromatic N) is 1. The van der Waals surface area contributed by atoms with Crippen molar-refractivity contribution in [2.45, 2.75) is 13.8 Å². The number of ether oxygens (including phenoxy) is 1. The van der Waals surface area contributed by atoms with E-state index in [2.05, 4.69) is 5.32 Å². The predicted molar refractivity (Wildman–Crippen MR) is 81.8 cm³/mol. The Morgan fingerprint density at radius 2 is 2.10 bits per heavy atom. The van der Waals surface area contributed by atoms with Crippen LogP contribution in [0.15, 0.2) is 24.3 Å². The highest BCUT2D eigenvalue weighted by molar-refractivity contribution is 5.85. The van der Waals surface area contributed by atoms with E-state index in [0.717, 1.165) is 0 Å². The van der Waals surface area contributed by atoms with Gasteiger partial charge in [-0.1, -0.05) is 19.9 Å². The van der Waals surface area contributed by atoms with Gasteiger partial charge >= 0.3 is 0 Å². The minimum atomic E-state index is -0.267. The van der Waals surface area contributed by atoms with Crippen LogP contribution in [0, 0.1) is 5.92 Å². The molecule has 6 nitrogen and oxygen atoms in total.